The number of hydrogen-bond donors (Lipinski definition) is 0. The van der Waals surface area contributed by atoms with E-state index >= 15 is 0 Å². The number of amides is 1. The number of carbonyl (C=O) groups excluding carboxylic acids is 2. The third kappa shape index (κ3) is 4.46. The number of aryl methyl sites for hydroxylation is 1. The Labute approximate surface area is 155 Å². The van der Waals surface area contributed by atoms with Gasteiger partial charge in [-0.15, -0.1) is 0 Å². The van der Waals surface area contributed by atoms with Crippen LogP contribution in [0.3, 0.4) is 0 Å². The average molecular weight is 368 g/mol. The van der Waals surface area contributed by atoms with E-state index in [0.717, 1.165) is 15.8 Å². The molecule has 0 aliphatic carbocycles. The van der Waals surface area contributed by atoms with Crippen molar-refractivity contribution in [3.63, 3.8) is 0 Å². The maximum Gasteiger partial charge on any atom is 0.307 e. The normalized spacial score (nSPS) is 11.7. The maximum atomic E-state index is 12.4. The smallest absolute Gasteiger partial charge is 0.307 e. The van der Waals surface area contributed by atoms with Crippen molar-refractivity contribution >= 4 is 33.4 Å². The van der Waals surface area contributed by atoms with Crippen LogP contribution in [0.4, 0.5) is 0 Å². The van der Waals surface area contributed by atoms with Gasteiger partial charge in [-0.1, -0.05) is 53.8 Å². The fourth-order valence-electron chi connectivity index (χ4n) is 2.68. The van der Waals surface area contributed by atoms with Gasteiger partial charge in [-0.05, 0) is 24.6 Å². The molecule has 6 heteroatoms. The van der Waals surface area contributed by atoms with Crippen molar-refractivity contribution in [3.8, 4) is 0 Å². The highest BCUT2D eigenvalue weighted by Gasteiger charge is 2.10. The molecule has 1 amide bonds. The number of nitrogens with zero attached hydrogens (tertiary/aromatic N) is 2. The largest absolute Gasteiger partial charge is 0.466 e. The molecular weight excluding hydrogens is 348 g/mol. The van der Waals surface area contributed by atoms with E-state index in [1.165, 1.54) is 11.3 Å². The number of benzene rings is 2. The third-order valence-electron chi connectivity index (χ3n) is 3.85. The molecule has 1 aromatic heterocycles. The van der Waals surface area contributed by atoms with Gasteiger partial charge in [0.05, 0.1) is 29.7 Å². The minimum atomic E-state index is -0.253. The molecular formula is C20H20N2O3S. The van der Waals surface area contributed by atoms with E-state index in [2.05, 4.69) is 4.99 Å². The Hall–Kier alpha value is -2.73. The number of fused-ring (bicyclic) bond motifs is 1. The lowest BCUT2D eigenvalue weighted by atomic mass is 10.1. The number of carbonyl (C=O) groups is 2. The van der Waals surface area contributed by atoms with Gasteiger partial charge in [-0.25, -0.2) is 0 Å². The first-order chi connectivity index (χ1) is 12.7. The van der Waals surface area contributed by atoms with Gasteiger partial charge in [0.15, 0.2) is 4.80 Å². The summed E-state index contributed by atoms with van der Waals surface area (Å²) in [5, 5.41) is 0. The lowest BCUT2D eigenvalue weighted by Crippen LogP contribution is -2.20. The second-order valence-corrected chi connectivity index (χ2v) is 6.74. The molecule has 2 aromatic carbocycles. The summed E-state index contributed by atoms with van der Waals surface area (Å²) in [4.78, 5) is 29.0. The number of ether oxygens (including phenoxy) is 1. The number of thiazole rings is 1. The Bertz CT molecular complexity index is 973. The zero-order chi connectivity index (χ0) is 18.4. The van der Waals surface area contributed by atoms with Crippen molar-refractivity contribution < 1.29 is 14.3 Å². The van der Waals surface area contributed by atoms with Crippen LogP contribution in [0, 0.1) is 0 Å². The highest BCUT2D eigenvalue weighted by molar-refractivity contribution is 7.16. The molecule has 0 aliphatic rings. The average Bonchev–Trinajstić information content (AvgIpc) is 2.98. The molecule has 1 heterocycles. The minimum Gasteiger partial charge on any atom is -0.466 e. The van der Waals surface area contributed by atoms with Crippen molar-refractivity contribution in [2.75, 3.05) is 6.61 Å². The Morgan fingerprint density at radius 1 is 1.08 bits per heavy atom. The SMILES string of the molecule is CCOC(=O)CCn1c(=NC(=O)Cc2ccccc2)sc2ccccc21. The van der Waals surface area contributed by atoms with Crippen LogP contribution in [0.25, 0.3) is 10.2 Å². The maximum absolute atomic E-state index is 12.4. The van der Waals surface area contributed by atoms with Crippen LogP contribution in [0.2, 0.25) is 0 Å². The second-order valence-electron chi connectivity index (χ2n) is 5.73. The second kappa shape index (κ2) is 8.58. The summed E-state index contributed by atoms with van der Waals surface area (Å²) in [6.45, 7) is 2.58. The van der Waals surface area contributed by atoms with Gasteiger partial charge in [0.1, 0.15) is 0 Å². The molecule has 0 unspecified atom stereocenters. The number of aromatic nitrogens is 1. The zero-order valence-electron chi connectivity index (χ0n) is 14.6. The lowest BCUT2D eigenvalue weighted by Gasteiger charge is -2.05. The highest BCUT2D eigenvalue weighted by atomic mass is 32.1. The summed E-state index contributed by atoms with van der Waals surface area (Å²) in [7, 11) is 0. The van der Waals surface area contributed by atoms with Gasteiger partial charge in [-0.3, -0.25) is 9.59 Å². The Balaban J connectivity index is 1.89. The molecule has 0 atom stereocenters. The summed E-state index contributed by atoms with van der Waals surface area (Å²) < 4.78 is 7.95. The summed E-state index contributed by atoms with van der Waals surface area (Å²) in [5.41, 5.74) is 1.90. The van der Waals surface area contributed by atoms with Crippen molar-refractivity contribution in [1.29, 1.82) is 0 Å². The van der Waals surface area contributed by atoms with Crippen LogP contribution in [0.15, 0.2) is 59.6 Å². The van der Waals surface area contributed by atoms with E-state index in [-0.39, 0.29) is 24.7 Å². The van der Waals surface area contributed by atoms with Gasteiger partial charge in [0.2, 0.25) is 0 Å². The predicted molar refractivity (Wildman–Crippen MR) is 102 cm³/mol. The first-order valence-corrected chi connectivity index (χ1v) is 9.34. The van der Waals surface area contributed by atoms with Gasteiger partial charge in [-0.2, -0.15) is 4.99 Å². The van der Waals surface area contributed by atoms with E-state index in [4.69, 9.17) is 4.74 Å². The standard InChI is InChI=1S/C20H20N2O3S/c1-2-25-19(24)12-13-22-16-10-6-7-11-17(16)26-20(22)21-18(23)14-15-8-4-3-5-9-15/h3-11H,2,12-14H2,1H3. The molecule has 0 N–H and O–H groups in total. The predicted octanol–water partition coefficient (Wildman–Crippen LogP) is 3.33. The van der Waals surface area contributed by atoms with Crippen LogP contribution >= 0.6 is 11.3 Å². The molecule has 26 heavy (non-hydrogen) atoms. The Kier molecular flexibility index (Phi) is 5.96. The number of esters is 1. The molecule has 0 bridgehead atoms. The monoisotopic (exact) mass is 368 g/mol. The molecule has 0 saturated carbocycles. The quantitative estimate of drug-likeness (QED) is 0.627. The van der Waals surface area contributed by atoms with E-state index in [1.54, 1.807) is 6.92 Å². The van der Waals surface area contributed by atoms with Crippen molar-refractivity contribution in [1.82, 2.24) is 4.57 Å². The zero-order valence-corrected chi connectivity index (χ0v) is 15.4. The first-order valence-electron chi connectivity index (χ1n) is 8.53. The fraction of sp³-hybridized carbons (Fsp3) is 0.250. The molecule has 5 nitrogen and oxygen atoms in total. The summed E-state index contributed by atoms with van der Waals surface area (Å²) >= 11 is 1.45. The van der Waals surface area contributed by atoms with Crippen molar-refractivity contribution in [3.05, 3.63) is 65.0 Å². The molecule has 3 aromatic rings. The van der Waals surface area contributed by atoms with Gasteiger partial charge < -0.3 is 9.30 Å². The summed E-state index contributed by atoms with van der Waals surface area (Å²) in [6.07, 6.45) is 0.502. The molecule has 134 valence electrons. The molecule has 0 aliphatic heterocycles. The minimum absolute atomic E-state index is 0.201. The molecule has 3 rings (SSSR count). The van der Waals surface area contributed by atoms with Gasteiger partial charge in [0.25, 0.3) is 5.91 Å². The van der Waals surface area contributed by atoms with E-state index in [1.807, 2.05) is 59.2 Å². The van der Waals surface area contributed by atoms with Crippen LogP contribution in [0.1, 0.15) is 18.9 Å². The van der Waals surface area contributed by atoms with Crippen LogP contribution < -0.4 is 4.80 Å². The van der Waals surface area contributed by atoms with E-state index in [0.29, 0.717) is 18.0 Å². The summed E-state index contributed by atoms with van der Waals surface area (Å²) in [5.74, 6) is -0.454. The van der Waals surface area contributed by atoms with Crippen molar-refractivity contribution in [2.45, 2.75) is 26.3 Å². The molecule has 0 radical (unpaired) electrons. The molecule has 0 spiro atoms. The van der Waals surface area contributed by atoms with E-state index < -0.39 is 0 Å². The van der Waals surface area contributed by atoms with Crippen LogP contribution in [-0.4, -0.2) is 23.1 Å². The molecule has 0 fully saturated rings. The van der Waals surface area contributed by atoms with Gasteiger partial charge >= 0.3 is 5.97 Å². The highest BCUT2D eigenvalue weighted by Crippen LogP contribution is 2.17. The topological polar surface area (TPSA) is 60.7 Å². The first kappa shape index (κ1) is 18.1. The Morgan fingerprint density at radius 3 is 2.58 bits per heavy atom. The van der Waals surface area contributed by atoms with Crippen molar-refractivity contribution in [2.24, 2.45) is 4.99 Å². The number of para-hydroxylation sites is 1. The van der Waals surface area contributed by atoms with E-state index in [9.17, 15) is 9.59 Å². The molecule has 0 saturated heterocycles. The number of rotatable bonds is 6. The fourth-order valence-corrected chi connectivity index (χ4v) is 3.75. The number of hydrogen-bond acceptors (Lipinski definition) is 4. The van der Waals surface area contributed by atoms with Gasteiger partial charge in [0, 0.05) is 6.54 Å². The lowest BCUT2D eigenvalue weighted by molar-refractivity contribution is -0.143. The third-order valence-corrected chi connectivity index (χ3v) is 4.91. The summed E-state index contributed by atoms with van der Waals surface area (Å²) in [6, 6.07) is 17.4. The van der Waals surface area contributed by atoms with Crippen LogP contribution in [-0.2, 0) is 27.3 Å². The van der Waals surface area contributed by atoms with Crippen LogP contribution in [0.5, 0.6) is 0 Å². The Morgan fingerprint density at radius 2 is 1.81 bits per heavy atom.